The van der Waals surface area contributed by atoms with Crippen LogP contribution in [-0.4, -0.2) is 36.1 Å². The highest BCUT2D eigenvalue weighted by molar-refractivity contribution is 5.72. The van der Waals surface area contributed by atoms with Crippen molar-refractivity contribution in [2.75, 3.05) is 25.1 Å². The highest BCUT2D eigenvalue weighted by Crippen LogP contribution is 2.22. The predicted octanol–water partition coefficient (Wildman–Crippen LogP) is 0.847. The Hall–Kier alpha value is -2.09. The van der Waals surface area contributed by atoms with E-state index in [-0.39, 0.29) is 11.9 Å². The summed E-state index contributed by atoms with van der Waals surface area (Å²) in [4.78, 5) is 21.7. The summed E-state index contributed by atoms with van der Waals surface area (Å²) >= 11 is 0. The molecular formula is C13H15N3O2. The van der Waals surface area contributed by atoms with E-state index in [1.54, 1.807) is 6.07 Å². The molecule has 1 aliphatic heterocycles. The van der Waals surface area contributed by atoms with Gasteiger partial charge in [-0.3, -0.25) is 4.79 Å². The van der Waals surface area contributed by atoms with Crippen LogP contribution in [0.1, 0.15) is 18.5 Å². The molecular weight excluding hydrogens is 230 g/mol. The predicted molar refractivity (Wildman–Crippen MR) is 66.9 cm³/mol. The zero-order valence-electron chi connectivity index (χ0n) is 10.3. The number of terminal acetylenes is 1. The van der Waals surface area contributed by atoms with Crippen LogP contribution in [0.4, 0.5) is 5.82 Å². The molecule has 0 aromatic carbocycles. The van der Waals surface area contributed by atoms with Crippen molar-refractivity contribution in [3.8, 4) is 12.3 Å². The standard InChI is InChI=1S/C13H15N3O2/c1-3-11-8-12(15-9-14-11)16-6-4-10(5-7-16)13(17)18-2/h1,8-10H,4-7H2,2H3. The van der Waals surface area contributed by atoms with E-state index in [2.05, 4.69) is 20.8 Å². The summed E-state index contributed by atoms with van der Waals surface area (Å²) in [6.07, 6.45) is 8.34. The molecule has 0 spiro atoms. The van der Waals surface area contributed by atoms with E-state index in [1.165, 1.54) is 13.4 Å². The Labute approximate surface area is 106 Å². The summed E-state index contributed by atoms with van der Waals surface area (Å²) < 4.78 is 4.76. The van der Waals surface area contributed by atoms with Crippen molar-refractivity contribution in [3.05, 3.63) is 18.1 Å². The molecule has 2 heterocycles. The number of piperidine rings is 1. The quantitative estimate of drug-likeness (QED) is 0.571. The van der Waals surface area contributed by atoms with Crippen LogP contribution >= 0.6 is 0 Å². The fourth-order valence-corrected chi connectivity index (χ4v) is 2.11. The first kappa shape index (κ1) is 12.4. The molecule has 0 radical (unpaired) electrons. The lowest BCUT2D eigenvalue weighted by Crippen LogP contribution is -2.37. The third-order valence-electron chi connectivity index (χ3n) is 3.15. The minimum absolute atomic E-state index is 0.000177. The van der Waals surface area contributed by atoms with Gasteiger partial charge in [-0.05, 0) is 12.8 Å². The number of nitrogens with zero attached hydrogens (tertiary/aromatic N) is 3. The number of hydrogen-bond acceptors (Lipinski definition) is 5. The fraction of sp³-hybridized carbons (Fsp3) is 0.462. The molecule has 0 bridgehead atoms. The lowest BCUT2D eigenvalue weighted by molar-refractivity contribution is -0.146. The van der Waals surface area contributed by atoms with Gasteiger partial charge < -0.3 is 9.64 Å². The number of carbonyl (C=O) groups is 1. The third-order valence-corrected chi connectivity index (χ3v) is 3.15. The van der Waals surface area contributed by atoms with Crippen molar-refractivity contribution in [1.29, 1.82) is 0 Å². The average Bonchev–Trinajstić information content (AvgIpc) is 2.46. The third kappa shape index (κ3) is 2.59. The van der Waals surface area contributed by atoms with Gasteiger partial charge >= 0.3 is 5.97 Å². The molecule has 0 unspecified atom stereocenters. The summed E-state index contributed by atoms with van der Waals surface area (Å²) in [6, 6.07) is 1.79. The van der Waals surface area contributed by atoms with E-state index in [0.29, 0.717) is 5.69 Å². The maximum absolute atomic E-state index is 11.4. The molecule has 0 amide bonds. The zero-order chi connectivity index (χ0) is 13.0. The van der Waals surface area contributed by atoms with Gasteiger partial charge in [-0.2, -0.15) is 0 Å². The maximum atomic E-state index is 11.4. The number of aromatic nitrogens is 2. The first-order valence-corrected chi connectivity index (χ1v) is 5.86. The Balaban J connectivity index is 2.01. The molecule has 1 fully saturated rings. The summed E-state index contributed by atoms with van der Waals surface area (Å²) in [7, 11) is 1.43. The number of esters is 1. The van der Waals surface area contributed by atoms with Crippen LogP contribution in [0.25, 0.3) is 0 Å². The van der Waals surface area contributed by atoms with Gasteiger partial charge in [0.1, 0.15) is 17.8 Å². The molecule has 0 saturated carbocycles. The SMILES string of the molecule is C#Cc1cc(N2CCC(C(=O)OC)CC2)ncn1. The molecule has 94 valence electrons. The van der Waals surface area contributed by atoms with Gasteiger partial charge in [0.2, 0.25) is 0 Å². The molecule has 1 aromatic heterocycles. The second-order valence-corrected chi connectivity index (χ2v) is 4.19. The van der Waals surface area contributed by atoms with Gasteiger partial charge in [0.25, 0.3) is 0 Å². The van der Waals surface area contributed by atoms with E-state index in [1.807, 2.05) is 0 Å². The van der Waals surface area contributed by atoms with E-state index in [4.69, 9.17) is 11.2 Å². The van der Waals surface area contributed by atoms with Crippen LogP contribution in [0.2, 0.25) is 0 Å². The molecule has 1 aromatic rings. The monoisotopic (exact) mass is 245 g/mol. The Morgan fingerprint density at radius 2 is 2.22 bits per heavy atom. The molecule has 2 rings (SSSR count). The van der Waals surface area contributed by atoms with Gasteiger partial charge in [0.05, 0.1) is 13.0 Å². The topological polar surface area (TPSA) is 55.3 Å². The second kappa shape index (κ2) is 5.50. The lowest BCUT2D eigenvalue weighted by Gasteiger charge is -2.31. The van der Waals surface area contributed by atoms with Crippen LogP contribution in [0.15, 0.2) is 12.4 Å². The fourth-order valence-electron chi connectivity index (χ4n) is 2.11. The van der Waals surface area contributed by atoms with E-state index in [9.17, 15) is 4.79 Å². The van der Waals surface area contributed by atoms with Crippen LogP contribution in [0.5, 0.6) is 0 Å². The van der Waals surface area contributed by atoms with Crippen molar-refractivity contribution in [1.82, 2.24) is 9.97 Å². The minimum atomic E-state index is -0.123. The van der Waals surface area contributed by atoms with Gasteiger partial charge in [-0.1, -0.05) is 5.92 Å². The van der Waals surface area contributed by atoms with Crippen molar-refractivity contribution in [2.45, 2.75) is 12.8 Å². The molecule has 0 N–H and O–H groups in total. The molecule has 5 nitrogen and oxygen atoms in total. The highest BCUT2D eigenvalue weighted by atomic mass is 16.5. The second-order valence-electron chi connectivity index (χ2n) is 4.19. The van der Waals surface area contributed by atoms with Crippen molar-refractivity contribution >= 4 is 11.8 Å². The molecule has 0 atom stereocenters. The summed E-state index contributed by atoms with van der Waals surface area (Å²) in [5, 5.41) is 0. The Morgan fingerprint density at radius 3 is 2.83 bits per heavy atom. The minimum Gasteiger partial charge on any atom is -0.469 e. The van der Waals surface area contributed by atoms with Crippen molar-refractivity contribution in [3.63, 3.8) is 0 Å². The molecule has 18 heavy (non-hydrogen) atoms. The molecule has 1 aliphatic rings. The van der Waals surface area contributed by atoms with Crippen LogP contribution in [0.3, 0.4) is 0 Å². The highest BCUT2D eigenvalue weighted by Gasteiger charge is 2.26. The summed E-state index contributed by atoms with van der Waals surface area (Å²) in [5.41, 5.74) is 0.579. The number of ether oxygens (including phenoxy) is 1. The normalized spacial score (nSPS) is 16.1. The average molecular weight is 245 g/mol. The Bertz CT molecular complexity index is 473. The van der Waals surface area contributed by atoms with Gasteiger partial charge in [-0.15, -0.1) is 6.42 Å². The van der Waals surface area contributed by atoms with Crippen LogP contribution < -0.4 is 4.90 Å². The summed E-state index contributed by atoms with van der Waals surface area (Å²) in [6.45, 7) is 1.56. The van der Waals surface area contributed by atoms with Gasteiger partial charge in [-0.25, -0.2) is 9.97 Å². The number of carbonyl (C=O) groups excluding carboxylic acids is 1. The first-order chi connectivity index (χ1) is 8.74. The van der Waals surface area contributed by atoms with E-state index >= 15 is 0 Å². The number of methoxy groups -OCH3 is 1. The molecule has 0 aliphatic carbocycles. The smallest absolute Gasteiger partial charge is 0.308 e. The van der Waals surface area contributed by atoms with Crippen LogP contribution in [-0.2, 0) is 9.53 Å². The lowest BCUT2D eigenvalue weighted by atomic mass is 9.97. The summed E-state index contributed by atoms with van der Waals surface area (Å²) in [5.74, 6) is 3.19. The zero-order valence-corrected chi connectivity index (χ0v) is 10.3. The number of hydrogen-bond donors (Lipinski definition) is 0. The van der Waals surface area contributed by atoms with Crippen molar-refractivity contribution in [2.24, 2.45) is 5.92 Å². The van der Waals surface area contributed by atoms with Crippen molar-refractivity contribution < 1.29 is 9.53 Å². The van der Waals surface area contributed by atoms with E-state index < -0.39 is 0 Å². The largest absolute Gasteiger partial charge is 0.469 e. The van der Waals surface area contributed by atoms with Gasteiger partial charge in [0.15, 0.2) is 0 Å². The maximum Gasteiger partial charge on any atom is 0.308 e. The number of anilines is 1. The number of rotatable bonds is 2. The van der Waals surface area contributed by atoms with E-state index in [0.717, 1.165) is 31.7 Å². The van der Waals surface area contributed by atoms with Crippen LogP contribution in [0, 0.1) is 18.3 Å². The Kier molecular flexibility index (Phi) is 3.78. The first-order valence-electron chi connectivity index (χ1n) is 5.86. The molecule has 5 heteroatoms. The van der Waals surface area contributed by atoms with Gasteiger partial charge in [0, 0.05) is 19.2 Å². The molecule has 1 saturated heterocycles. The Morgan fingerprint density at radius 1 is 1.50 bits per heavy atom.